The number of unbranched alkanes of at least 4 members (excludes halogenated alkanes) is 1. The van der Waals surface area contributed by atoms with Crippen LogP contribution in [0.15, 0.2) is 54.6 Å². The molecular weight excluding hydrogens is 446 g/mol. The number of benzene rings is 2. The molecule has 190 valence electrons. The molecule has 1 amide bonds. The number of nitrogens with one attached hydrogen (secondary N) is 1. The van der Waals surface area contributed by atoms with E-state index in [-0.39, 0.29) is 12.0 Å². The molecule has 0 aliphatic rings. The van der Waals surface area contributed by atoms with E-state index in [9.17, 15) is 9.59 Å². The molecule has 7 nitrogen and oxygen atoms in total. The maximum Gasteiger partial charge on any atom is 0.327 e. The van der Waals surface area contributed by atoms with E-state index in [1.165, 1.54) is 0 Å². The van der Waals surface area contributed by atoms with Crippen LogP contribution in [-0.4, -0.2) is 36.8 Å². The third-order valence-corrected chi connectivity index (χ3v) is 5.28. The maximum absolute atomic E-state index is 11.5. The number of rotatable bonds is 16. The average molecular weight is 484 g/mol. The number of hydrogen-bond donors (Lipinski definition) is 2. The number of ether oxygens (including phenoxy) is 3. The van der Waals surface area contributed by atoms with Gasteiger partial charge >= 0.3 is 5.97 Å². The van der Waals surface area contributed by atoms with Gasteiger partial charge in [0.05, 0.1) is 19.3 Å². The van der Waals surface area contributed by atoms with E-state index < -0.39 is 5.97 Å². The van der Waals surface area contributed by atoms with Crippen LogP contribution in [0.4, 0.5) is 5.69 Å². The van der Waals surface area contributed by atoms with E-state index in [0.717, 1.165) is 35.7 Å². The van der Waals surface area contributed by atoms with E-state index in [2.05, 4.69) is 12.2 Å². The van der Waals surface area contributed by atoms with Crippen molar-refractivity contribution in [1.29, 1.82) is 0 Å². The number of aliphatic carboxylic acids is 1. The highest BCUT2D eigenvalue weighted by molar-refractivity contribution is 5.90. The normalized spacial score (nSPS) is 11.9. The van der Waals surface area contributed by atoms with Gasteiger partial charge in [0.15, 0.2) is 11.5 Å². The Balaban J connectivity index is 2.07. The minimum atomic E-state index is -0.979. The van der Waals surface area contributed by atoms with Gasteiger partial charge in [-0.15, -0.1) is 0 Å². The summed E-state index contributed by atoms with van der Waals surface area (Å²) < 4.78 is 17.9. The minimum Gasteiger partial charge on any atom is -0.490 e. The first-order valence-electron chi connectivity index (χ1n) is 12.3. The number of hydrogen-bond acceptors (Lipinski definition) is 5. The van der Waals surface area contributed by atoms with Crippen LogP contribution in [0.25, 0.3) is 0 Å². The summed E-state index contributed by atoms with van der Waals surface area (Å²) >= 11 is 0. The van der Waals surface area contributed by atoms with E-state index in [0.29, 0.717) is 50.6 Å². The molecule has 2 aromatic rings. The smallest absolute Gasteiger partial charge is 0.327 e. The first-order valence-corrected chi connectivity index (χ1v) is 12.3. The zero-order chi connectivity index (χ0) is 25.5. The van der Waals surface area contributed by atoms with Crippen molar-refractivity contribution < 1.29 is 28.9 Å². The number of anilines is 1. The molecule has 0 bridgehead atoms. The first-order chi connectivity index (χ1) is 17.0. The lowest BCUT2D eigenvalue weighted by Gasteiger charge is -2.19. The summed E-state index contributed by atoms with van der Waals surface area (Å²) in [4.78, 5) is 22.3. The second kappa shape index (κ2) is 15.6. The fourth-order valence-corrected chi connectivity index (χ4v) is 3.36. The fraction of sp³-hybridized carbons (Fsp3) is 0.429. The molecule has 2 aromatic carbocycles. The molecule has 2 N–H and O–H groups in total. The molecule has 0 spiro atoms. The maximum atomic E-state index is 11.5. The monoisotopic (exact) mass is 483 g/mol. The lowest BCUT2D eigenvalue weighted by molar-refractivity contribution is -0.131. The van der Waals surface area contributed by atoms with E-state index >= 15 is 0 Å². The predicted octanol–water partition coefficient (Wildman–Crippen LogP) is 5.94. The topological polar surface area (TPSA) is 94.1 Å². The highest BCUT2D eigenvalue weighted by Crippen LogP contribution is 2.33. The molecule has 1 atom stereocenters. The summed E-state index contributed by atoms with van der Waals surface area (Å²) in [5, 5.41) is 11.7. The lowest BCUT2D eigenvalue weighted by atomic mass is 10.1. The number of amides is 1. The second-order valence-electron chi connectivity index (χ2n) is 8.03. The lowest BCUT2D eigenvalue weighted by Crippen LogP contribution is -2.09. The van der Waals surface area contributed by atoms with Crippen LogP contribution < -0.4 is 14.8 Å². The van der Waals surface area contributed by atoms with Crippen molar-refractivity contribution in [3.05, 3.63) is 65.7 Å². The Morgan fingerprint density at radius 1 is 1.00 bits per heavy atom. The SMILES string of the molecule is CCCCOc1cc(C(CC=CC(=O)O)OCC)ccc1OCCc1ccc(NC(=O)CC)cc1. The van der Waals surface area contributed by atoms with Gasteiger partial charge < -0.3 is 24.6 Å². The molecule has 0 heterocycles. The Kier molecular flexibility index (Phi) is 12.4. The summed E-state index contributed by atoms with van der Waals surface area (Å²) in [7, 11) is 0. The number of carbonyl (C=O) groups excluding carboxylic acids is 1. The third-order valence-electron chi connectivity index (χ3n) is 5.28. The van der Waals surface area contributed by atoms with Crippen molar-refractivity contribution in [3.63, 3.8) is 0 Å². The highest BCUT2D eigenvalue weighted by atomic mass is 16.5. The second-order valence-corrected chi connectivity index (χ2v) is 8.03. The van der Waals surface area contributed by atoms with Gasteiger partial charge in [-0.1, -0.05) is 44.5 Å². The van der Waals surface area contributed by atoms with Gasteiger partial charge in [-0.25, -0.2) is 4.79 Å². The average Bonchev–Trinajstić information content (AvgIpc) is 2.85. The highest BCUT2D eigenvalue weighted by Gasteiger charge is 2.15. The van der Waals surface area contributed by atoms with Crippen molar-refractivity contribution >= 4 is 17.6 Å². The summed E-state index contributed by atoms with van der Waals surface area (Å²) in [6.45, 7) is 7.41. The quantitative estimate of drug-likeness (QED) is 0.227. The Morgan fingerprint density at radius 3 is 2.40 bits per heavy atom. The summed E-state index contributed by atoms with van der Waals surface area (Å²) in [5.41, 5.74) is 2.79. The number of carboxylic acid groups (broad SMARTS) is 1. The van der Waals surface area contributed by atoms with Crippen molar-refractivity contribution in [2.75, 3.05) is 25.1 Å². The van der Waals surface area contributed by atoms with Crippen LogP contribution >= 0.6 is 0 Å². The van der Waals surface area contributed by atoms with Crippen LogP contribution in [0.2, 0.25) is 0 Å². The van der Waals surface area contributed by atoms with Crippen molar-refractivity contribution in [1.82, 2.24) is 0 Å². The molecule has 0 saturated carbocycles. The summed E-state index contributed by atoms with van der Waals surface area (Å²) in [6.07, 6.45) is 6.01. The van der Waals surface area contributed by atoms with Crippen molar-refractivity contribution in [2.24, 2.45) is 0 Å². The van der Waals surface area contributed by atoms with Crippen molar-refractivity contribution in [3.8, 4) is 11.5 Å². The minimum absolute atomic E-state index is 0.00961. The van der Waals surface area contributed by atoms with Crippen LogP contribution in [-0.2, 0) is 20.7 Å². The number of carbonyl (C=O) groups is 2. The van der Waals surface area contributed by atoms with Crippen LogP contribution in [0, 0.1) is 0 Å². The van der Waals surface area contributed by atoms with Gasteiger partial charge in [0.2, 0.25) is 5.91 Å². The number of carboxylic acids is 1. The van der Waals surface area contributed by atoms with E-state index in [1.54, 1.807) is 6.08 Å². The Labute approximate surface area is 208 Å². The van der Waals surface area contributed by atoms with E-state index in [1.807, 2.05) is 56.3 Å². The molecule has 0 fully saturated rings. The Morgan fingerprint density at radius 2 is 1.74 bits per heavy atom. The van der Waals surface area contributed by atoms with E-state index in [4.69, 9.17) is 19.3 Å². The molecule has 0 aromatic heterocycles. The van der Waals surface area contributed by atoms with Crippen LogP contribution in [0.3, 0.4) is 0 Å². The zero-order valence-corrected chi connectivity index (χ0v) is 20.9. The Hall–Kier alpha value is -3.32. The van der Waals surface area contributed by atoms with Gasteiger partial charge in [-0.3, -0.25) is 4.79 Å². The summed E-state index contributed by atoms with van der Waals surface area (Å²) in [5.74, 6) is 0.325. The third kappa shape index (κ3) is 10.2. The largest absolute Gasteiger partial charge is 0.490 e. The zero-order valence-electron chi connectivity index (χ0n) is 20.9. The molecule has 7 heteroatoms. The van der Waals surface area contributed by atoms with Gasteiger partial charge in [-0.05, 0) is 55.2 Å². The molecule has 0 aliphatic carbocycles. The van der Waals surface area contributed by atoms with Gasteiger partial charge in [0, 0.05) is 31.2 Å². The molecule has 2 rings (SSSR count). The molecule has 0 aliphatic heterocycles. The molecule has 1 unspecified atom stereocenters. The van der Waals surface area contributed by atoms with Gasteiger partial charge in [-0.2, -0.15) is 0 Å². The predicted molar refractivity (Wildman–Crippen MR) is 137 cm³/mol. The molecular formula is C28H37NO6. The fourth-order valence-electron chi connectivity index (χ4n) is 3.36. The van der Waals surface area contributed by atoms with Crippen LogP contribution in [0.1, 0.15) is 63.7 Å². The van der Waals surface area contributed by atoms with Crippen molar-refractivity contribution in [2.45, 2.75) is 59.0 Å². The molecule has 35 heavy (non-hydrogen) atoms. The van der Waals surface area contributed by atoms with Gasteiger partial charge in [0.1, 0.15) is 0 Å². The summed E-state index contributed by atoms with van der Waals surface area (Å²) in [6, 6.07) is 13.5. The standard InChI is InChI=1S/C28H37NO6/c1-4-7-18-34-26-20-22(24(33-6-3)9-8-10-28(31)32)13-16-25(26)35-19-17-21-11-14-23(15-12-21)29-27(30)5-2/h8,10-16,20,24H,4-7,9,17-19H2,1-3H3,(H,29,30)(H,31,32). The first kappa shape index (κ1) is 27.9. The van der Waals surface area contributed by atoms with Crippen LogP contribution in [0.5, 0.6) is 11.5 Å². The molecule has 0 radical (unpaired) electrons. The Bertz CT molecular complexity index is 954. The van der Waals surface area contributed by atoms with Gasteiger partial charge in [0.25, 0.3) is 0 Å². The molecule has 0 saturated heterocycles.